The maximum absolute atomic E-state index is 13.3. The number of hydrogen-bond donors (Lipinski definition) is 2. The van der Waals surface area contributed by atoms with Crippen LogP contribution in [-0.4, -0.2) is 34.8 Å². The molecule has 29 heavy (non-hydrogen) atoms. The van der Waals surface area contributed by atoms with Gasteiger partial charge in [-0.1, -0.05) is 0 Å². The fraction of sp³-hybridized carbons (Fsp3) is 0.200. The van der Waals surface area contributed by atoms with Crippen molar-refractivity contribution < 1.29 is 27.2 Å². The lowest BCUT2D eigenvalue weighted by Gasteiger charge is -2.15. The van der Waals surface area contributed by atoms with Crippen LogP contribution in [0.1, 0.15) is 16.9 Å². The van der Waals surface area contributed by atoms with Crippen molar-refractivity contribution in [3.8, 4) is 0 Å². The molecule has 150 valence electrons. The van der Waals surface area contributed by atoms with Gasteiger partial charge in [0.15, 0.2) is 17.5 Å². The molecule has 0 aliphatic carbocycles. The summed E-state index contributed by atoms with van der Waals surface area (Å²) >= 11 is 0. The number of aromatic nitrogens is 1. The molecule has 1 fully saturated rings. The molecule has 2 N–H and O–H groups in total. The third kappa shape index (κ3) is 3.67. The van der Waals surface area contributed by atoms with E-state index >= 15 is 0 Å². The van der Waals surface area contributed by atoms with E-state index in [1.54, 1.807) is 0 Å². The predicted octanol–water partition coefficient (Wildman–Crippen LogP) is 3.83. The standard InChI is InChI=1S/C20H15F4N3O2/c21-12-1-2-16-11(5-12)6-17(26-16)20(29)27-4-3-10(9-27)19(28)25-13-7-14(22)18(24)15(23)8-13/h1-2,5-8,10,26H,3-4,9H2,(H,25,28)/t10-/m0/s1. The Labute approximate surface area is 162 Å². The molecule has 2 aromatic carbocycles. The summed E-state index contributed by atoms with van der Waals surface area (Å²) in [7, 11) is 0. The second-order valence-corrected chi connectivity index (χ2v) is 6.89. The molecular weight excluding hydrogens is 390 g/mol. The van der Waals surface area contributed by atoms with Crippen molar-refractivity contribution in [3.63, 3.8) is 0 Å². The summed E-state index contributed by atoms with van der Waals surface area (Å²) in [5, 5.41) is 2.90. The van der Waals surface area contributed by atoms with Crippen LogP contribution in [0.15, 0.2) is 36.4 Å². The molecule has 4 rings (SSSR count). The molecule has 1 aromatic heterocycles. The van der Waals surface area contributed by atoms with Crippen molar-refractivity contribution in [1.82, 2.24) is 9.88 Å². The van der Waals surface area contributed by atoms with Crippen LogP contribution in [0.5, 0.6) is 0 Å². The lowest BCUT2D eigenvalue weighted by atomic mass is 10.1. The quantitative estimate of drug-likeness (QED) is 0.514. The van der Waals surface area contributed by atoms with Gasteiger partial charge in [0.1, 0.15) is 11.5 Å². The normalized spacial score (nSPS) is 16.4. The molecule has 2 amide bonds. The van der Waals surface area contributed by atoms with E-state index < -0.39 is 35.1 Å². The summed E-state index contributed by atoms with van der Waals surface area (Å²) in [4.78, 5) is 29.4. The summed E-state index contributed by atoms with van der Waals surface area (Å²) in [5.41, 5.74) is 0.687. The van der Waals surface area contributed by atoms with Crippen molar-refractivity contribution in [2.24, 2.45) is 5.92 Å². The Morgan fingerprint density at radius 2 is 1.76 bits per heavy atom. The highest BCUT2D eigenvalue weighted by atomic mass is 19.2. The molecule has 0 bridgehead atoms. The Morgan fingerprint density at radius 1 is 1.03 bits per heavy atom. The first kappa shape index (κ1) is 19.0. The predicted molar refractivity (Wildman–Crippen MR) is 97.2 cm³/mol. The van der Waals surface area contributed by atoms with Crippen LogP contribution < -0.4 is 5.32 Å². The fourth-order valence-electron chi connectivity index (χ4n) is 3.42. The number of carbonyl (C=O) groups excluding carboxylic acids is 2. The Kier molecular flexibility index (Phi) is 4.73. The monoisotopic (exact) mass is 405 g/mol. The summed E-state index contributed by atoms with van der Waals surface area (Å²) in [5.74, 6) is -6.28. The van der Waals surface area contributed by atoms with E-state index in [4.69, 9.17) is 0 Å². The minimum absolute atomic E-state index is 0.112. The molecule has 3 aromatic rings. The van der Waals surface area contributed by atoms with Crippen LogP contribution in [0.2, 0.25) is 0 Å². The van der Waals surface area contributed by atoms with Gasteiger partial charge < -0.3 is 15.2 Å². The molecular formula is C20H15F4N3O2. The molecule has 5 nitrogen and oxygen atoms in total. The van der Waals surface area contributed by atoms with Gasteiger partial charge in [-0.3, -0.25) is 9.59 Å². The van der Waals surface area contributed by atoms with E-state index in [1.807, 2.05) is 0 Å². The topological polar surface area (TPSA) is 65.2 Å². The maximum atomic E-state index is 13.3. The van der Waals surface area contributed by atoms with E-state index in [2.05, 4.69) is 10.3 Å². The van der Waals surface area contributed by atoms with Crippen molar-refractivity contribution in [2.45, 2.75) is 6.42 Å². The van der Waals surface area contributed by atoms with Crippen LogP contribution in [0.4, 0.5) is 23.2 Å². The van der Waals surface area contributed by atoms with Crippen molar-refractivity contribution in [2.75, 3.05) is 18.4 Å². The molecule has 0 unspecified atom stereocenters. The van der Waals surface area contributed by atoms with Gasteiger partial charge in [0.05, 0.1) is 5.92 Å². The Morgan fingerprint density at radius 3 is 2.48 bits per heavy atom. The molecule has 0 radical (unpaired) electrons. The third-order valence-electron chi connectivity index (χ3n) is 4.91. The zero-order valence-corrected chi connectivity index (χ0v) is 14.9. The van der Waals surface area contributed by atoms with Gasteiger partial charge in [0.2, 0.25) is 5.91 Å². The first-order valence-electron chi connectivity index (χ1n) is 8.85. The molecule has 1 atom stereocenters. The van der Waals surface area contributed by atoms with Gasteiger partial charge in [-0.15, -0.1) is 0 Å². The fourth-order valence-corrected chi connectivity index (χ4v) is 3.42. The zero-order valence-electron chi connectivity index (χ0n) is 14.9. The van der Waals surface area contributed by atoms with Crippen molar-refractivity contribution in [1.29, 1.82) is 0 Å². The molecule has 0 saturated carbocycles. The summed E-state index contributed by atoms with van der Waals surface area (Å²) in [6.45, 7) is 0.424. The van der Waals surface area contributed by atoms with E-state index in [-0.39, 0.29) is 23.8 Å². The average Bonchev–Trinajstić information content (AvgIpc) is 3.32. The number of nitrogens with one attached hydrogen (secondary N) is 2. The number of rotatable bonds is 3. The number of carbonyl (C=O) groups is 2. The number of H-pyrrole nitrogens is 1. The van der Waals surface area contributed by atoms with E-state index in [9.17, 15) is 27.2 Å². The summed E-state index contributed by atoms with van der Waals surface area (Å²) in [6.07, 6.45) is 0.360. The van der Waals surface area contributed by atoms with Crippen molar-refractivity contribution in [3.05, 3.63) is 65.4 Å². The van der Waals surface area contributed by atoms with Crippen LogP contribution in [0.25, 0.3) is 10.9 Å². The summed E-state index contributed by atoms with van der Waals surface area (Å²) in [6, 6.07) is 7.05. The molecule has 1 aliphatic rings. The van der Waals surface area contributed by atoms with E-state index in [0.717, 1.165) is 0 Å². The minimum Gasteiger partial charge on any atom is -0.351 e. The first-order chi connectivity index (χ1) is 13.8. The largest absolute Gasteiger partial charge is 0.351 e. The van der Waals surface area contributed by atoms with Crippen LogP contribution >= 0.6 is 0 Å². The van der Waals surface area contributed by atoms with Crippen LogP contribution in [0, 0.1) is 29.2 Å². The SMILES string of the molecule is O=C(Nc1cc(F)c(F)c(F)c1)[C@H]1CCN(C(=O)c2cc3cc(F)ccc3[nH]2)C1. The second-order valence-electron chi connectivity index (χ2n) is 6.89. The third-order valence-corrected chi connectivity index (χ3v) is 4.91. The highest BCUT2D eigenvalue weighted by Crippen LogP contribution is 2.24. The maximum Gasteiger partial charge on any atom is 0.270 e. The van der Waals surface area contributed by atoms with Gasteiger partial charge in [-0.05, 0) is 30.7 Å². The smallest absolute Gasteiger partial charge is 0.270 e. The lowest BCUT2D eigenvalue weighted by molar-refractivity contribution is -0.119. The number of hydrogen-bond acceptors (Lipinski definition) is 2. The van der Waals surface area contributed by atoms with Crippen molar-refractivity contribution >= 4 is 28.4 Å². The number of anilines is 1. The number of nitrogens with zero attached hydrogens (tertiary/aromatic N) is 1. The van der Waals surface area contributed by atoms with Gasteiger partial charge in [-0.2, -0.15) is 0 Å². The molecule has 2 heterocycles. The number of halogens is 4. The molecule has 1 saturated heterocycles. The Bertz CT molecular complexity index is 1110. The lowest BCUT2D eigenvalue weighted by Crippen LogP contribution is -2.31. The molecule has 0 spiro atoms. The van der Waals surface area contributed by atoms with Crippen LogP contribution in [0.3, 0.4) is 0 Å². The van der Waals surface area contributed by atoms with Crippen LogP contribution in [-0.2, 0) is 4.79 Å². The van der Waals surface area contributed by atoms with Gasteiger partial charge >= 0.3 is 0 Å². The number of benzene rings is 2. The number of aromatic amines is 1. The van der Waals surface area contributed by atoms with Gasteiger partial charge in [-0.25, -0.2) is 17.6 Å². The summed E-state index contributed by atoms with van der Waals surface area (Å²) < 4.78 is 52.9. The molecule has 1 aliphatic heterocycles. The van der Waals surface area contributed by atoms with E-state index in [0.29, 0.717) is 36.0 Å². The second kappa shape index (κ2) is 7.23. The zero-order chi connectivity index (χ0) is 20.7. The van der Waals surface area contributed by atoms with E-state index in [1.165, 1.54) is 29.2 Å². The minimum atomic E-state index is -1.61. The van der Waals surface area contributed by atoms with Gasteiger partial charge in [0, 0.05) is 41.8 Å². The highest BCUT2D eigenvalue weighted by Gasteiger charge is 2.32. The molecule has 9 heteroatoms. The number of amides is 2. The first-order valence-corrected chi connectivity index (χ1v) is 8.85. The number of likely N-dealkylation sites (tertiary alicyclic amines) is 1. The number of fused-ring (bicyclic) bond motifs is 1. The van der Waals surface area contributed by atoms with Gasteiger partial charge in [0.25, 0.3) is 5.91 Å². The average molecular weight is 405 g/mol. The highest BCUT2D eigenvalue weighted by molar-refractivity contribution is 5.99. The Hall–Kier alpha value is -3.36. The Balaban J connectivity index is 1.43.